The van der Waals surface area contributed by atoms with E-state index in [-0.39, 0.29) is 5.82 Å². The zero-order valence-corrected chi connectivity index (χ0v) is 13.7. The first-order valence-electron chi connectivity index (χ1n) is 7.67. The lowest BCUT2D eigenvalue weighted by atomic mass is 10.2. The topological polar surface area (TPSA) is 51.4 Å². The summed E-state index contributed by atoms with van der Waals surface area (Å²) in [5.74, 6) is 0.407. The van der Waals surface area contributed by atoms with Crippen LogP contribution >= 0.6 is 0 Å². The van der Waals surface area contributed by atoms with Crippen LogP contribution in [0.5, 0.6) is 0 Å². The Morgan fingerprint density at radius 2 is 2.17 bits per heavy atom. The number of ether oxygens (including phenoxy) is 1. The number of hydrogen-bond acceptors (Lipinski definition) is 5. The molecule has 2 rings (SSSR count). The molecule has 0 aliphatic heterocycles. The van der Waals surface area contributed by atoms with Crippen molar-refractivity contribution >= 4 is 6.01 Å². The first-order valence-corrected chi connectivity index (χ1v) is 7.67. The molecule has 1 aromatic heterocycles. The van der Waals surface area contributed by atoms with E-state index in [2.05, 4.69) is 24.0 Å². The monoisotopic (exact) mass is 319 g/mol. The van der Waals surface area contributed by atoms with Crippen LogP contribution in [-0.2, 0) is 4.74 Å². The van der Waals surface area contributed by atoms with Crippen LogP contribution in [0.15, 0.2) is 41.0 Å². The zero-order chi connectivity index (χ0) is 16.7. The van der Waals surface area contributed by atoms with Crippen molar-refractivity contribution in [2.75, 3.05) is 24.6 Å². The third-order valence-electron chi connectivity index (χ3n) is 3.05. The van der Waals surface area contributed by atoms with Gasteiger partial charge in [-0.15, -0.1) is 5.10 Å². The summed E-state index contributed by atoms with van der Waals surface area (Å²) in [6, 6.07) is 6.53. The summed E-state index contributed by atoms with van der Waals surface area (Å²) in [5, 5.41) is 8.11. The highest BCUT2D eigenvalue weighted by Crippen LogP contribution is 2.23. The van der Waals surface area contributed by atoms with Gasteiger partial charge < -0.3 is 14.1 Å². The molecule has 6 heteroatoms. The molecule has 0 N–H and O–H groups in total. The van der Waals surface area contributed by atoms with Crippen molar-refractivity contribution in [2.24, 2.45) is 5.92 Å². The number of aromatic nitrogens is 2. The Bertz CT molecular complexity index is 640. The fourth-order valence-corrected chi connectivity index (χ4v) is 2.11. The number of hydrogen-bond donors (Lipinski definition) is 0. The van der Waals surface area contributed by atoms with Crippen LogP contribution in [0.2, 0.25) is 0 Å². The van der Waals surface area contributed by atoms with Crippen LogP contribution in [0.4, 0.5) is 10.4 Å². The molecule has 2 aromatic rings. The van der Waals surface area contributed by atoms with E-state index in [0.29, 0.717) is 36.5 Å². The van der Waals surface area contributed by atoms with Crippen molar-refractivity contribution in [2.45, 2.75) is 20.8 Å². The minimum absolute atomic E-state index is 0.308. The van der Waals surface area contributed by atoms with Crippen LogP contribution in [0.25, 0.3) is 11.5 Å². The predicted molar refractivity (Wildman–Crippen MR) is 87.5 cm³/mol. The molecule has 0 bridgehead atoms. The van der Waals surface area contributed by atoms with E-state index in [1.807, 2.05) is 17.9 Å². The van der Waals surface area contributed by atoms with E-state index in [9.17, 15) is 4.39 Å². The standard InChI is InChI=1S/C17H22FN3O2/c1-4-9-22-10-8-21(12-13(2)3)17-20-19-16(23-17)14-6-5-7-15(18)11-14/h4-7,9,11,13H,8,10,12H2,1-3H3/b9-4+. The lowest BCUT2D eigenvalue weighted by Crippen LogP contribution is -2.31. The fraction of sp³-hybridized carbons (Fsp3) is 0.412. The molecule has 1 aromatic carbocycles. The second kappa shape index (κ2) is 8.31. The maximum absolute atomic E-state index is 13.3. The third-order valence-corrected chi connectivity index (χ3v) is 3.05. The minimum Gasteiger partial charge on any atom is -0.500 e. The summed E-state index contributed by atoms with van der Waals surface area (Å²) >= 11 is 0. The van der Waals surface area contributed by atoms with Crippen LogP contribution in [-0.4, -0.2) is 29.9 Å². The van der Waals surface area contributed by atoms with Crippen molar-refractivity contribution in [1.82, 2.24) is 10.2 Å². The highest BCUT2D eigenvalue weighted by Gasteiger charge is 2.17. The average Bonchev–Trinajstić information content (AvgIpc) is 3.00. The second-order valence-electron chi connectivity index (χ2n) is 5.58. The van der Waals surface area contributed by atoms with Crippen molar-refractivity contribution in [1.29, 1.82) is 0 Å². The lowest BCUT2D eigenvalue weighted by molar-refractivity contribution is 0.252. The lowest BCUT2D eigenvalue weighted by Gasteiger charge is -2.21. The van der Waals surface area contributed by atoms with Gasteiger partial charge in [0.15, 0.2) is 0 Å². The van der Waals surface area contributed by atoms with Gasteiger partial charge in [-0.3, -0.25) is 0 Å². The van der Waals surface area contributed by atoms with Crippen molar-refractivity contribution in [3.05, 3.63) is 42.4 Å². The Kier molecular flexibility index (Phi) is 6.14. The Labute approximate surface area is 135 Å². The fourth-order valence-electron chi connectivity index (χ4n) is 2.11. The SMILES string of the molecule is C/C=C/OCCN(CC(C)C)c1nnc(-c2cccc(F)c2)o1. The average molecular weight is 319 g/mol. The molecule has 0 atom stereocenters. The van der Waals surface area contributed by atoms with Crippen LogP contribution < -0.4 is 4.90 Å². The van der Waals surface area contributed by atoms with Gasteiger partial charge in [0, 0.05) is 12.1 Å². The summed E-state index contributed by atoms with van der Waals surface area (Å²) in [4.78, 5) is 1.98. The number of nitrogens with zero attached hydrogens (tertiary/aromatic N) is 3. The van der Waals surface area contributed by atoms with Gasteiger partial charge in [-0.1, -0.05) is 31.1 Å². The molecule has 5 nitrogen and oxygen atoms in total. The normalized spacial score (nSPS) is 11.3. The van der Waals surface area contributed by atoms with E-state index in [4.69, 9.17) is 9.15 Å². The minimum atomic E-state index is -0.332. The number of rotatable bonds is 8. The number of allylic oxidation sites excluding steroid dienone is 1. The predicted octanol–water partition coefficient (Wildman–Crippen LogP) is 3.89. The molecule has 1 heterocycles. The molecule has 124 valence electrons. The van der Waals surface area contributed by atoms with Gasteiger partial charge in [0.25, 0.3) is 0 Å². The van der Waals surface area contributed by atoms with Gasteiger partial charge in [0.2, 0.25) is 5.89 Å². The van der Waals surface area contributed by atoms with Crippen LogP contribution in [0.3, 0.4) is 0 Å². The molecule has 0 aliphatic rings. The van der Waals surface area contributed by atoms with Crippen molar-refractivity contribution in [3.63, 3.8) is 0 Å². The molecule has 0 saturated heterocycles. The molecule has 0 radical (unpaired) electrons. The molecular formula is C17H22FN3O2. The molecule has 0 spiro atoms. The van der Waals surface area contributed by atoms with Gasteiger partial charge in [0.1, 0.15) is 12.4 Å². The molecular weight excluding hydrogens is 297 g/mol. The summed E-state index contributed by atoms with van der Waals surface area (Å²) in [5.41, 5.74) is 0.568. The summed E-state index contributed by atoms with van der Waals surface area (Å²) < 4.78 is 24.4. The van der Waals surface area contributed by atoms with E-state index < -0.39 is 0 Å². The third kappa shape index (κ3) is 5.09. The van der Waals surface area contributed by atoms with Crippen molar-refractivity contribution in [3.8, 4) is 11.5 Å². The quantitative estimate of drug-likeness (QED) is 0.546. The largest absolute Gasteiger partial charge is 0.500 e. The van der Waals surface area contributed by atoms with Gasteiger partial charge in [-0.2, -0.15) is 0 Å². The van der Waals surface area contributed by atoms with E-state index in [1.54, 1.807) is 18.4 Å². The Hall–Kier alpha value is -2.37. The second-order valence-corrected chi connectivity index (χ2v) is 5.58. The molecule has 23 heavy (non-hydrogen) atoms. The Balaban J connectivity index is 2.12. The first kappa shape index (κ1) is 17.0. The van der Waals surface area contributed by atoms with E-state index >= 15 is 0 Å². The molecule has 0 aliphatic carbocycles. The first-order chi connectivity index (χ1) is 11.1. The number of halogens is 1. The van der Waals surface area contributed by atoms with E-state index in [1.165, 1.54) is 12.1 Å². The summed E-state index contributed by atoms with van der Waals surface area (Å²) in [6.45, 7) is 8.05. The highest BCUT2D eigenvalue weighted by molar-refractivity contribution is 5.53. The number of benzene rings is 1. The van der Waals surface area contributed by atoms with Crippen molar-refractivity contribution < 1.29 is 13.5 Å². The summed E-state index contributed by atoms with van der Waals surface area (Å²) in [6.07, 6.45) is 3.49. The maximum Gasteiger partial charge on any atom is 0.318 e. The Morgan fingerprint density at radius 1 is 1.35 bits per heavy atom. The smallest absolute Gasteiger partial charge is 0.318 e. The van der Waals surface area contributed by atoms with E-state index in [0.717, 1.165) is 6.54 Å². The van der Waals surface area contributed by atoms with Crippen LogP contribution in [0.1, 0.15) is 20.8 Å². The van der Waals surface area contributed by atoms with Gasteiger partial charge >= 0.3 is 6.01 Å². The highest BCUT2D eigenvalue weighted by atomic mass is 19.1. The molecule has 0 unspecified atom stereocenters. The maximum atomic E-state index is 13.3. The van der Waals surface area contributed by atoms with Gasteiger partial charge in [0.05, 0.1) is 12.8 Å². The molecule has 0 amide bonds. The van der Waals surface area contributed by atoms with Crippen LogP contribution in [0, 0.1) is 11.7 Å². The Morgan fingerprint density at radius 3 is 2.87 bits per heavy atom. The summed E-state index contributed by atoms with van der Waals surface area (Å²) in [7, 11) is 0. The molecule has 0 saturated carbocycles. The zero-order valence-electron chi connectivity index (χ0n) is 13.7. The number of anilines is 1. The van der Waals surface area contributed by atoms with Gasteiger partial charge in [-0.05, 0) is 31.0 Å². The molecule has 0 fully saturated rings. The van der Waals surface area contributed by atoms with Gasteiger partial charge in [-0.25, -0.2) is 4.39 Å².